The number of rotatable bonds is 6. The quantitative estimate of drug-likeness (QED) is 0.625. The summed E-state index contributed by atoms with van der Waals surface area (Å²) >= 11 is 0. The minimum atomic E-state index is -3.41. The van der Waals surface area contributed by atoms with Crippen LogP contribution < -0.4 is 10.0 Å². The van der Waals surface area contributed by atoms with Gasteiger partial charge in [-0.25, -0.2) is 13.1 Å². The fraction of sp³-hybridized carbons (Fsp3) is 0.647. The molecule has 0 aromatic heterocycles. The Hall–Kier alpha value is -0.910. The molecule has 0 aliphatic heterocycles. The molecule has 4 nitrogen and oxygen atoms in total. The van der Waals surface area contributed by atoms with E-state index in [4.69, 9.17) is 0 Å². The van der Waals surface area contributed by atoms with Crippen LogP contribution in [0, 0.1) is 13.8 Å². The Balaban J connectivity index is 1.83. The first-order chi connectivity index (χ1) is 10.5. The third-order valence-corrected chi connectivity index (χ3v) is 5.94. The molecule has 0 saturated heterocycles. The molecule has 0 unspecified atom stereocenters. The molecule has 0 atom stereocenters. The zero-order valence-corrected chi connectivity index (χ0v) is 14.5. The van der Waals surface area contributed by atoms with Crippen LogP contribution in [-0.2, 0) is 10.0 Å². The first-order valence-electron chi connectivity index (χ1n) is 8.29. The Kier molecular flexibility index (Phi) is 6.41. The number of benzene rings is 1. The number of sulfonamides is 1. The van der Waals surface area contributed by atoms with Gasteiger partial charge in [-0.1, -0.05) is 37.8 Å². The minimum Gasteiger partial charge on any atom is -0.313 e. The molecule has 0 bridgehead atoms. The van der Waals surface area contributed by atoms with E-state index in [1.165, 1.54) is 38.5 Å². The van der Waals surface area contributed by atoms with Crippen LogP contribution in [0.5, 0.6) is 0 Å². The van der Waals surface area contributed by atoms with Gasteiger partial charge in [-0.3, -0.25) is 0 Å². The zero-order valence-electron chi connectivity index (χ0n) is 13.7. The summed E-state index contributed by atoms with van der Waals surface area (Å²) < 4.78 is 27.5. The van der Waals surface area contributed by atoms with Crippen molar-refractivity contribution in [2.45, 2.75) is 63.3 Å². The van der Waals surface area contributed by atoms with Crippen molar-refractivity contribution in [2.24, 2.45) is 0 Å². The minimum absolute atomic E-state index is 0.391. The highest BCUT2D eigenvalue weighted by Gasteiger charge is 2.17. The molecule has 1 saturated carbocycles. The van der Waals surface area contributed by atoms with Gasteiger partial charge in [-0.05, 0) is 43.9 Å². The summed E-state index contributed by atoms with van der Waals surface area (Å²) in [6.07, 6.45) is 7.65. The SMILES string of the molecule is Cc1ccc(C)c(S(=O)(=O)NCCNC2CCCCCC2)c1. The second-order valence-corrected chi connectivity index (χ2v) is 8.04. The van der Waals surface area contributed by atoms with Crippen LogP contribution in [0.4, 0.5) is 0 Å². The molecule has 2 N–H and O–H groups in total. The lowest BCUT2D eigenvalue weighted by Crippen LogP contribution is -2.37. The van der Waals surface area contributed by atoms with Gasteiger partial charge in [0, 0.05) is 19.1 Å². The molecule has 1 fully saturated rings. The molecule has 22 heavy (non-hydrogen) atoms. The highest BCUT2D eigenvalue weighted by atomic mass is 32.2. The number of nitrogens with one attached hydrogen (secondary N) is 2. The first kappa shape index (κ1) is 17.4. The molecule has 1 aromatic carbocycles. The summed E-state index contributed by atoms with van der Waals surface area (Å²) in [4.78, 5) is 0.391. The van der Waals surface area contributed by atoms with Crippen molar-refractivity contribution in [1.29, 1.82) is 0 Å². The standard InChI is InChI=1S/C17H28N2O2S/c1-14-9-10-15(2)17(13-14)22(20,21)19-12-11-18-16-7-5-3-4-6-8-16/h9-10,13,16,18-19H,3-8,11-12H2,1-2H3. The van der Waals surface area contributed by atoms with Gasteiger partial charge in [0.15, 0.2) is 0 Å². The number of aryl methyl sites for hydroxylation is 2. The molecule has 124 valence electrons. The van der Waals surface area contributed by atoms with E-state index in [2.05, 4.69) is 10.0 Å². The third kappa shape index (κ3) is 5.07. The maximum Gasteiger partial charge on any atom is 0.240 e. The van der Waals surface area contributed by atoms with Gasteiger partial charge in [0.05, 0.1) is 4.90 Å². The Morgan fingerprint density at radius 1 is 1.05 bits per heavy atom. The highest BCUT2D eigenvalue weighted by molar-refractivity contribution is 7.89. The lowest BCUT2D eigenvalue weighted by molar-refractivity contribution is 0.461. The first-order valence-corrected chi connectivity index (χ1v) is 9.78. The molecular weight excluding hydrogens is 296 g/mol. The van der Waals surface area contributed by atoms with Crippen molar-refractivity contribution in [3.63, 3.8) is 0 Å². The molecule has 1 aliphatic rings. The van der Waals surface area contributed by atoms with Crippen molar-refractivity contribution in [1.82, 2.24) is 10.0 Å². The van der Waals surface area contributed by atoms with Crippen LogP contribution in [0.3, 0.4) is 0 Å². The molecule has 0 amide bonds. The van der Waals surface area contributed by atoms with Gasteiger partial charge in [-0.2, -0.15) is 0 Å². The Labute approximate surface area is 134 Å². The normalized spacial score (nSPS) is 17.4. The molecule has 0 radical (unpaired) electrons. The van der Waals surface area contributed by atoms with E-state index in [0.29, 0.717) is 24.0 Å². The number of hydrogen-bond donors (Lipinski definition) is 2. The van der Waals surface area contributed by atoms with Gasteiger partial charge in [0.25, 0.3) is 0 Å². The van der Waals surface area contributed by atoms with Crippen molar-refractivity contribution in [2.75, 3.05) is 13.1 Å². The summed E-state index contributed by atoms with van der Waals surface area (Å²) in [6, 6.07) is 6.07. The van der Waals surface area contributed by atoms with Gasteiger partial charge in [0.1, 0.15) is 0 Å². The largest absolute Gasteiger partial charge is 0.313 e. The molecule has 1 aliphatic carbocycles. The lowest BCUT2D eigenvalue weighted by Gasteiger charge is -2.16. The van der Waals surface area contributed by atoms with Crippen LogP contribution in [-0.4, -0.2) is 27.5 Å². The lowest BCUT2D eigenvalue weighted by atomic mass is 10.1. The van der Waals surface area contributed by atoms with E-state index >= 15 is 0 Å². The predicted octanol–water partition coefficient (Wildman–Crippen LogP) is 2.89. The molecule has 5 heteroatoms. The third-order valence-electron chi connectivity index (χ3n) is 4.34. The van der Waals surface area contributed by atoms with E-state index in [0.717, 1.165) is 11.1 Å². The average molecular weight is 324 g/mol. The summed E-state index contributed by atoms with van der Waals surface area (Å²) in [7, 11) is -3.41. The molecule has 1 aromatic rings. The van der Waals surface area contributed by atoms with Gasteiger partial charge in [-0.15, -0.1) is 0 Å². The summed E-state index contributed by atoms with van der Waals surface area (Å²) in [6.45, 7) is 4.87. The monoisotopic (exact) mass is 324 g/mol. The van der Waals surface area contributed by atoms with Gasteiger partial charge >= 0.3 is 0 Å². The van der Waals surface area contributed by atoms with E-state index < -0.39 is 10.0 Å². The highest BCUT2D eigenvalue weighted by Crippen LogP contribution is 2.17. The average Bonchev–Trinajstić information content (AvgIpc) is 2.75. The summed E-state index contributed by atoms with van der Waals surface area (Å²) in [5, 5.41) is 3.48. The Bertz CT molecular complexity index is 576. The number of hydrogen-bond acceptors (Lipinski definition) is 3. The summed E-state index contributed by atoms with van der Waals surface area (Å²) in [5.41, 5.74) is 1.75. The maximum absolute atomic E-state index is 12.4. The van der Waals surface area contributed by atoms with Gasteiger partial charge < -0.3 is 5.32 Å². The zero-order chi connectivity index (χ0) is 16.0. The fourth-order valence-electron chi connectivity index (χ4n) is 3.02. The second-order valence-electron chi connectivity index (χ2n) is 6.31. The van der Waals surface area contributed by atoms with Crippen molar-refractivity contribution >= 4 is 10.0 Å². The molecule has 2 rings (SSSR count). The van der Waals surface area contributed by atoms with E-state index in [9.17, 15) is 8.42 Å². The molecule has 0 heterocycles. The van der Waals surface area contributed by atoms with Crippen molar-refractivity contribution in [3.8, 4) is 0 Å². The topological polar surface area (TPSA) is 58.2 Å². The van der Waals surface area contributed by atoms with E-state index in [1.807, 2.05) is 26.0 Å². The van der Waals surface area contributed by atoms with E-state index in [1.54, 1.807) is 6.07 Å². The Morgan fingerprint density at radius 2 is 1.73 bits per heavy atom. The molecular formula is C17H28N2O2S. The van der Waals surface area contributed by atoms with Gasteiger partial charge in [0.2, 0.25) is 10.0 Å². The predicted molar refractivity (Wildman–Crippen MR) is 90.6 cm³/mol. The summed E-state index contributed by atoms with van der Waals surface area (Å²) in [5.74, 6) is 0. The van der Waals surface area contributed by atoms with Crippen LogP contribution >= 0.6 is 0 Å². The Morgan fingerprint density at radius 3 is 2.41 bits per heavy atom. The van der Waals surface area contributed by atoms with Crippen molar-refractivity contribution < 1.29 is 8.42 Å². The van der Waals surface area contributed by atoms with Crippen LogP contribution in [0.25, 0.3) is 0 Å². The van der Waals surface area contributed by atoms with Crippen molar-refractivity contribution in [3.05, 3.63) is 29.3 Å². The fourth-order valence-corrected chi connectivity index (χ4v) is 4.38. The maximum atomic E-state index is 12.4. The molecule has 0 spiro atoms. The van der Waals surface area contributed by atoms with Crippen LogP contribution in [0.2, 0.25) is 0 Å². The van der Waals surface area contributed by atoms with Crippen LogP contribution in [0.1, 0.15) is 49.7 Å². The van der Waals surface area contributed by atoms with Crippen LogP contribution in [0.15, 0.2) is 23.1 Å². The van der Waals surface area contributed by atoms with E-state index in [-0.39, 0.29) is 0 Å². The second kappa shape index (κ2) is 8.09. The smallest absolute Gasteiger partial charge is 0.240 e.